The number of carbonyl (C=O) groups is 4. The van der Waals surface area contributed by atoms with Gasteiger partial charge in [-0.2, -0.15) is 5.01 Å². The molecular formula is C16H19N3O5S. The zero-order valence-electron chi connectivity index (χ0n) is 13.9. The Kier molecular flexibility index (Phi) is 6.02. The lowest BCUT2D eigenvalue weighted by Gasteiger charge is -2.22. The van der Waals surface area contributed by atoms with Crippen LogP contribution < -0.4 is 10.7 Å². The van der Waals surface area contributed by atoms with Crippen LogP contribution in [0.3, 0.4) is 0 Å². The minimum atomic E-state index is -1.25. The van der Waals surface area contributed by atoms with E-state index in [1.54, 1.807) is 44.2 Å². The minimum absolute atomic E-state index is 0.0170. The smallest absolute Gasteiger partial charge is 0.344 e. The van der Waals surface area contributed by atoms with E-state index in [0.717, 1.165) is 11.8 Å². The van der Waals surface area contributed by atoms with E-state index in [4.69, 9.17) is 4.74 Å². The average molecular weight is 365 g/mol. The summed E-state index contributed by atoms with van der Waals surface area (Å²) in [5.41, 5.74) is 1.64. The fourth-order valence-corrected chi connectivity index (χ4v) is 2.90. The number of hydrazine groups is 1. The molecule has 1 aliphatic rings. The van der Waals surface area contributed by atoms with Crippen LogP contribution in [-0.4, -0.2) is 46.9 Å². The van der Waals surface area contributed by atoms with Gasteiger partial charge in [-0.1, -0.05) is 30.3 Å². The number of amides is 4. The Hall–Kier alpha value is -2.55. The predicted molar refractivity (Wildman–Crippen MR) is 91.3 cm³/mol. The molecule has 4 amide bonds. The largest absolute Gasteiger partial charge is 0.465 e. The second-order valence-corrected chi connectivity index (χ2v) is 6.38. The van der Waals surface area contributed by atoms with Crippen LogP contribution in [-0.2, 0) is 24.7 Å². The second-order valence-electron chi connectivity index (χ2n) is 5.39. The molecule has 134 valence electrons. The van der Waals surface area contributed by atoms with E-state index in [-0.39, 0.29) is 18.1 Å². The van der Waals surface area contributed by atoms with Crippen LogP contribution in [0.2, 0.25) is 0 Å². The molecule has 0 aliphatic carbocycles. The number of nitrogens with one attached hydrogen (secondary N) is 2. The van der Waals surface area contributed by atoms with Gasteiger partial charge in [0.2, 0.25) is 5.91 Å². The van der Waals surface area contributed by atoms with E-state index in [1.165, 1.54) is 0 Å². The third kappa shape index (κ3) is 4.30. The molecule has 9 heteroatoms. The van der Waals surface area contributed by atoms with Crippen molar-refractivity contribution in [1.82, 2.24) is 15.8 Å². The molecule has 2 rings (SSSR count). The van der Waals surface area contributed by atoms with Gasteiger partial charge in [0.1, 0.15) is 5.54 Å². The summed E-state index contributed by atoms with van der Waals surface area (Å²) in [6.07, 6.45) is 0. The first kappa shape index (κ1) is 18.8. The zero-order valence-corrected chi connectivity index (χ0v) is 14.7. The normalized spacial score (nSPS) is 19.5. The van der Waals surface area contributed by atoms with E-state index in [2.05, 4.69) is 10.7 Å². The number of hydrogen-bond donors (Lipinski definition) is 2. The standard InChI is InChI=1S/C16H19N3O5S/c1-3-24-13(21)10-25-9-12(20)18-19-14(22)16(2,17-15(19)23)11-7-5-4-6-8-11/h4-8H,3,9-10H2,1-2H3,(H,17,23)(H,18,20)/t16-/m1/s1. The summed E-state index contributed by atoms with van der Waals surface area (Å²) in [6.45, 7) is 3.53. The highest BCUT2D eigenvalue weighted by Gasteiger charge is 2.49. The zero-order chi connectivity index (χ0) is 18.4. The van der Waals surface area contributed by atoms with Crippen LogP contribution in [0, 0.1) is 0 Å². The summed E-state index contributed by atoms with van der Waals surface area (Å²) in [5.74, 6) is -1.63. The summed E-state index contributed by atoms with van der Waals surface area (Å²) in [7, 11) is 0. The van der Waals surface area contributed by atoms with Gasteiger partial charge in [-0.05, 0) is 19.4 Å². The maximum atomic E-state index is 12.6. The van der Waals surface area contributed by atoms with E-state index in [0.29, 0.717) is 10.6 Å². The van der Waals surface area contributed by atoms with Gasteiger partial charge < -0.3 is 10.1 Å². The summed E-state index contributed by atoms with van der Waals surface area (Å²) >= 11 is 1.04. The van der Waals surface area contributed by atoms with Crippen molar-refractivity contribution in [3.8, 4) is 0 Å². The first-order valence-corrected chi connectivity index (χ1v) is 8.79. The van der Waals surface area contributed by atoms with Gasteiger partial charge in [0, 0.05) is 0 Å². The molecule has 0 spiro atoms. The summed E-state index contributed by atoms with van der Waals surface area (Å²) in [5, 5.41) is 3.25. The van der Waals surface area contributed by atoms with Crippen molar-refractivity contribution in [3.63, 3.8) is 0 Å². The van der Waals surface area contributed by atoms with E-state index >= 15 is 0 Å². The number of rotatable bonds is 7. The average Bonchev–Trinajstić information content (AvgIpc) is 2.80. The van der Waals surface area contributed by atoms with Gasteiger partial charge >= 0.3 is 12.0 Å². The van der Waals surface area contributed by atoms with Crippen molar-refractivity contribution in [2.75, 3.05) is 18.1 Å². The highest BCUT2D eigenvalue weighted by atomic mass is 32.2. The number of imide groups is 1. The maximum Gasteiger partial charge on any atom is 0.344 e. The van der Waals surface area contributed by atoms with Crippen LogP contribution >= 0.6 is 11.8 Å². The van der Waals surface area contributed by atoms with Crippen molar-refractivity contribution in [2.45, 2.75) is 19.4 Å². The molecule has 1 aromatic carbocycles. The van der Waals surface area contributed by atoms with Gasteiger partial charge in [-0.15, -0.1) is 11.8 Å². The Morgan fingerprint density at radius 3 is 2.56 bits per heavy atom. The van der Waals surface area contributed by atoms with Crippen molar-refractivity contribution < 1.29 is 23.9 Å². The molecule has 25 heavy (non-hydrogen) atoms. The number of thioether (sulfide) groups is 1. The molecule has 0 aromatic heterocycles. The van der Waals surface area contributed by atoms with Crippen LogP contribution in [0.15, 0.2) is 30.3 Å². The molecule has 1 fully saturated rings. The third-order valence-corrected chi connectivity index (χ3v) is 4.44. The number of hydrogen-bond acceptors (Lipinski definition) is 6. The Morgan fingerprint density at radius 2 is 1.92 bits per heavy atom. The first-order valence-electron chi connectivity index (χ1n) is 7.63. The lowest BCUT2D eigenvalue weighted by atomic mass is 9.92. The fourth-order valence-electron chi connectivity index (χ4n) is 2.29. The van der Waals surface area contributed by atoms with Gasteiger partial charge in [-0.25, -0.2) is 4.79 Å². The molecule has 1 atom stereocenters. The number of urea groups is 1. The van der Waals surface area contributed by atoms with Crippen molar-refractivity contribution >= 4 is 35.6 Å². The Balaban J connectivity index is 1.94. The van der Waals surface area contributed by atoms with E-state index < -0.39 is 29.4 Å². The molecule has 8 nitrogen and oxygen atoms in total. The van der Waals surface area contributed by atoms with Crippen LogP contribution in [0.1, 0.15) is 19.4 Å². The Morgan fingerprint density at radius 1 is 1.24 bits per heavy atom. The van der Waals surface area contributed by atoms with E-state index in [9.17, 15) is 19.2 Å². The number of ether oxygens (including phenoxy) is 1. The van der Waals surface area contributed by atoms with E-state index in [1.807, 2.05) is 0 Å². The lowest BCUT2D eigenvalue weighted by molar-refractivity contribution is -0.140. The fraction of sp³-hybridized carbons (Fsp3) is 0.375. The highest BCUT2D eigenvalue weighted by molar-refractivity contribution is 8.00. The van der Waals surface area contributed by atoms with Crippen molar-refractivity contribution in [1.29, 1.82) is 0 Å². The molecule has 1 saturated heterocycles. The molecule has 2 N–H and O–H groups in total. The summed E-state index contributed by atoms with van der Waals surface area (Å²) in [4.78, 5) is 47.8. The third-order valence-electron chi connectivity index (χ3n) is 3.54. The van der Waals surface area contributed by atoms with Gasteiger partial charge in [-0.3, -0.25) is 19.8 Å². The molecule has 1 aliphatic heterocycles. The van der Waals surface area contributed by atoms with Gasteiger partial charge in [0.15, 0.2) is 0 Å². The van der Waals surface area contributed by atoms with Gasteiger partial charge in [0.25, 0.3) is 5.91 Å². The lowest BCUT2D eigenvalue weighted by Crippen LogP contribution is -2.48. The first-order chi connectivity index (χ1) is 11.9. The SMILES string of the molecule is CCOC(=O)CSCC(=O)NN1C(=O)N[C@](C)(c2ccccc2)C1=O. The molecular weight excluding hydrogens is 346 g/mol. The molecule has 0 unspecified atom stereocenters. The number of carbonyl (C=O) groups excluding carboxylic acids is 4. The Bertz CT molecular complexity index is 682. The molecule has 0 saturated carbocycles. The number of nitrogens with zero attached hydrogens (tertiary/aromatic N) is 1. The molecule has 1 aromatic rings. The topological polar surface area (TPSA) is 105 Å². The predicted octanol–water partition coefficient (Wildman–Crippen LogP) is 0.781. The van der Waals surface area contributed by atoms with Crippen molar-refractivity contribution in [2.24, 2.45) is 0 Å². The minimum Gasteiger partial charge on any atom is -0.465 e. The number of benzene rings is 1. The molecule has 0 bridgehead atoms. The van der Waals surface area contributed by atoms with Crippen LogP contribution in [0.4, 0.5) is 4.79 Å². The van der Waals surface area contributed by atoms with Crippen LogP contribution in [0.5, 0.6) is 0 Å². The second kappa shape index (κ2) is 8.02. The summed E-state index contributed by atoms with van der Waals surface area (Å²) < 4.78 is 4.75. The Labute approximate surface area is 149 Å². The quantitative estimate of drug-likeness (QED) is 0.547. The summed E-state index contributed by atoms with van der Waals surface area (Å²) in [6, 6.07) is 8.05. The van der Waals surface area contributed by atoms with Crippen molar-refractivity contribution in [3.05, 3.63) is 35.9 Å². The monoisotopic (exact) mass is 365 g/mol. The highest BCUT2D eigenvalue weighted by Crippen LogP contribution is 2.27. The van der Waals surface area contributed by atoms with Crippen LogP contribution in [0.25, 0.3) is 0 Å². The molecule has 0 radical (unpaired) electrons. The molecule has 1 heterocycles. The number of esters is 1. The maximum absolute atomic E-state index is 12.6. The van der Waals surface area contributed by atoms with Gasteiger partial charge in [0.05, 0.1) is 18.1 Å².